The molecular weight excluding hydrogens is 174 g/mol. The van der Waals surface area contributed by atoms with Crippen molar-refractivity contribution in [3.05, 3.63) is 29.0 Å². The SMILES string of the molecule is Nc1csc(-c2cccs2)c1. The van der Waals surface area contributed by atoms with E-state index in [-0.39, 0.29) is 0 Å². The van der Waals surface area contributed by atoms with Gasteiger partial charge in [0.2, 0.25) is 0 Å². The molecule has 0 unspecified atom stereocenters. The summed E-state index contributed by atoms with van der Waals surface area (Å²) in [6, 6.07) is 6.17. The minimum Gasteiger partial charge on any atom is -0.398 e. The number of nitrogens with two attached hydrogens (primary N) is 1. The molecule has 3 heteroatoms. The number of nitrogen functional groups attached to an aromatic ring is 1. The molecule has 0 amide bonds. The van der Waals surface area contributed by atoms with E-state index in [2.05, 4.69) is 17.5 Å². The molecule has 2 rings (SSSR count). The van der Waals surface area contributed by atoms with Crippen LogP contribution in [0.4, 0.5) is 5.69 Å². The summed E-state index contributed by atoms with van der Waals surface area (Å²) in [5, 5.41) is 4.04. The lowest BCUT2D eigenvalue weighted by atomic mass is 10.4. The Hall–Kier alpha value is -0.800. The number of anilines is 1. The second kappa shape index (κ2) is 2.68. The summed E-state index contributed by atoms with van der Waals surface area (Å²) in [5.41, 5.74) is 6.46. The zero-order valence-corrected chi connectivity index (χ0v) is 7.41. The highest BCUT2D eigenvalue weighted by atomic mass is 32.1. The number of rotatable bonds is 1. The van der Waals surface area contributed by atoms with Crippen molar-refractivity contribution < 1.29 is 0 Å². The van der Waals surface area contributed by atoms with Gasteiger partial charge in [-0.1, -0.05) is 6.07 Å². The van der Waals surface area contributed by atoms with Crippen LogP contribution < -0.4 is 5.73 Å². The average Bonchev–Trinajstić information content (AvgIpc) is 2.55. The van der Waals surface area contributed by atoms with Gasteiger partial charge in [0.15, 0.2) is 0 Å². The first kappa shape index (κ1) is 6.88. The van der Waals surface area contributed by atoms with Crippen LogP contribution in [0.1, 0.15) is 0 Å². The highest BCUT2D eigenvalue weighted by Crippen LogP contribution is 2.31. The monoisotopic (exact) mass is 181 g/mol. The Labute approximate surface area is 73.1 Å². The molecule has 0 radical (unpaired) electrons. The Kier molecular flexibility index (Phi) is 1.68. The van der Waals surface area contributed by atoms with Crippen LogP contribution in [-0.2, 0) is 0 Å². The fraction of sp³-hybridized carbons (Fsp3) is 0. The van der Waals surface area contributed by atoms with Gasteiger partial charge in [-0.25, -0.2) is 0 Å². The van der Waals surface area contributed by atoms with E-state index in [0.717, 1.165) is 5.69 Å². The predicted molar refractivity (Wildman–Crippen MR) is 52.0 cm³/mol. The molecule has 0 spiro atoms. The van der Waals surface area contributed by atoms with Crippen molar-refractivity contribution >= 4 is 28.4 Å². The number of hydrogen-bond donors (Lipinski definition) is 1. The molecule has 2 N–H and O–H groups in total. The highest BCUT2D eigenvalue weighted by molar-refractivity contribution is 7.20. The van der Waals surface area contributed by atoms with E-state index in [9.17, 15) is 0 Å². The average molecular weight is 181 g/mol. The van der Waals surface area contributed by atoms with Gasteiger partial charge in [-0.3, -0.25) is 0 Å². The highest BCUT2D eigenvalue weighted by Gasteiger charge is 1.99. The minimum atomic E-state index is 0.860. The molecule has 0 fully saturated rings. The van der Waals surface area contributed by atoms with Crippen LogP contribution in [0.25, 0.3) is 9.75 Å². The molecule has 2 aromatic rings. The molecule has 0 aliphatic heterocycles. The molecule has 1 nitrogen and oxygen atoms in total. The van der Waals surface area contributed by atoms with Crippen LogP contribution in [0.15, 0.2) is 29.0 Å². The number of hydrogen-bond acceptors (Lipinski definition) is 3. The van der Waals surface area contributed by atoms with E-state index >= 15 is 0 Å². The third-order valence-electron chi connectivity index (χ3n) is 1.38. The normalized spacial score (nSPS) is 10.2. The van der Waals surface area contributed by atoms with Crippen molar-refractivity contribution in [3.63, 3.8) is 0 Å². The summed E-state index contributed by atoms with van der Waals surface area (Å²) >= 11 is 3.44. The maximum Gasteiger partial charge on any atom is 0.0463 e. The van der Waals surface area contributed by atoms with Crippen molar-refractivity contribution in [2.24, 2.45) is 0 Å². The second-order valence-electron chi connectivity index (χ2n) is 2.22. The molecule has 0 atom stereocenters. The molecule has 0 aliphatic rings. The Morgan fingerprint density at radius 3 is 2.64 bits per heavy atom. The third kappa shape index (κ3) is 1.29. The molecular formula is C8H7NS2. The molecule has 2 aromatic heterocycles. The van der Waals surface area contributed by atoms with Gasteiger partial charge in [-0.05, 0) is 17.5 Å². The molecule has 56 valence electrons. The molecule has 11 heavy (non-hydrogen) atoms. The largest absolute Gasteiger partial charge is 0.398 e. The molecule has 0 bridgehead atoms. The smallest absolute Gasteiger partial charge is 0.0463 e. The van der Waals surface area contributed by atoms with Gasteiger partial charge in [0.05, 0.1) is 0 Å². The zero-order valence-electron chi connectivity index (χ0n) is 5.78. The molecule has 0 saturated heterocycles. The van der Waals surface area contributed by atoms with E-state index in [1.807, 2.05) is 11.4 Å². The molecule has 0 aromatic carbocycles. The summed E-state index contributed by atoms with van der Waals surface area (Å²) in [4.78, 5) is 2.56. The molecule has 2 heterocycles. The van der Waals surface area contributed by atoms with Gasteiger partial charge in [0.25, 0.3) is 0 Å². The maximum atomic E-state index is 5.60. The lowest BCUT2D eigenvalue weighted by Crippen LogP contribution is -1.75. The van der Waals surface area contributed by atoms with E-state index in [1.54, 1.807) is 22.7 Å². The Balaban J connectivity index is 2.45. The fourth-order valence-corrected chi connectivity index (χ4v) is 2.54. The van der Waals surface area contributed by atoms with Crippen LogP contribution in [-0.4, -0.2) is 0 Å². The van der Waals surface area contributed by atoms with Crippen molar-refractivity contribution in [1.82, 2.24) is 0 Å². The first-order valence-corrected chi connectivity index (χ1v) is 5.00. The summed E-state index contributed by atoms with van der Waals surface area (Å²) in [7, 11) is 0. The van der Waals surface area contributed by atoms with Crippen LogP contribution in [0.2, 0.25) is 0 Å². The van der Waals surface area contributed by atoms with Crippen molar-refractivity contribution in [1.29, 1.82) is 0 Å². The van der Waals surface area contributed by atoms with E-state index < -0.39 is 0 Å². The van der Waals surface area contributed by atoms with Crippen LogP contribution in [0.3, 0.4) is 0 Å². The second-order valence-corrected chi connectivity index (χ2v) is 4.08. The van der Waals surface area contributed by atoms with Crippen LogP contribution >= 0.6 is 22.7 Å². The van der Waals surface area contributed by atoms with Crippen molar-refractivity contribution in [2.45, 2.75) is 0 Å². The van der Waals surface area contributed by atoms with Gasteiger partial charge in [0, 0.05) is 20.8 Å². The first-order valence-electron chi connectivity index (χ1n) is 3.24. The van der Waals surface area contributed by atoms with E-state index in [4.69, 9.17) is 5.73 Å². The summed E-state index contributed by atoms with van der Waals surface area (Å²) in [5.74, 6) is 0. The van der Waals surface area contributed by atoms with Gasteiger partial charge in [-0.15, -0.1) is 22.7 Å². The Morgan fingerprint density at radius 1 is 1.18 bits per heavy atom. The topological polar surface area (TPSA) is 26.0 Å². The third-order valence-corrected chi connectivity index (χ3v) is 3.40. The molecule has 0 aliphatic carbocycles. The summed E-state index contributed by atoms with van der Waals surface area (Å²) in [6.07, 6.45) is 0. The first-order chi connectivity index (χ1) is 5.36. The van der Waals surface area contributed by atoms with Gasteiger partial charge >= 0.3 is 0 Å². The van der Waals surface area contributed by atoms with Gasteiger partial charge in [-0.2, -0.15) is 0 Å². The maximum absolute atomic E-state index is 5.60. The zero-order chi connectivity index (χ0) is 7.68. The lowest BCUT2D eigenvalue weighted by Gasteiger charge is -1.85. The van der Waals surface area contributed by atoms with Crippen LogP contribution in [0.5, 0.6) is 0 Å². The van der Waals surface area contributed by atoms with E-state index in [1.165, 1.54) is 9.75 Å². The van der Waals surface area contributed by atoms with E-state index in [0.29, 0.717) is 0 Å². The standard InChI is InChI=1S/C8H7NS2/c9-6-4-8(11-5-6)7-2-1-3-10-7/h1-5H,9H2. The Bertz CT molecular complexity index is 335. The van der Waals surface area contributed by atoms with Crippen molar-refractivity contribution in [2.75, 3.05) is 5.73 Å². The number of thiophene rings is 2. The quantitative estimate of drug-likeness (QED) is 0.719. The molecule has 0 saturated carbocycles. The van der Waals surface area contributed by atoms with Crippen molar-refractivity contribution in [3.8, 4) is 9.75 Å². The summed E-state index contributed by atoms with van der Waals surface area (Å²) in [6.45, 7) is 0. The summed E-state index contributed by atoms with van der Waals surface area (Å²) < 4.78 is 0. The van der Waals surface area contributed by atoms with Gasteiger partial charge < -0.3 is 5.73 Å². The predicted octanol–water partition coefficient (Wildman–Crippen LogP) is 3.06. The minimum absolute atomic E-state index is 0.860. The Morgan fingerprint density at radius 2 is 2.09 bits per heavy atom. The van der Waals surface area contributed by atoms with Gasteiger partial charge in [0.1, 0.15) is 0 Å². The van der Waals surface area contributed by atoms with Crippen LogP contribution in [0, 0.1) is 0 Å². The lowest BCUT2D eigenvalue weighted by molar-refractivity contribution is 1.87. The fourth-order valence-electron chi connectivity index (χ4n) is 0.899.